The Morgan fingerprint density at radius 2 is 2.00 bits per heavy atom. The highest BCUT2D eigenvalue weighted by Gasteiger charge is 2.27. The van der Waals surface area contributed by atoms with Crippen LogP contribution in [0.1, 0.15) is 39.5 Å². The van der Waals surface area contributed by atoms with Gasteiger partial charge in [-0.15, -0.1) is 0 Å². The normalized spacial score (nSPS) is 31.6. The first-order valence-electron chi connectivity index (χ1n) is 7.09. The van der Waals surface area contributed by atoms with Gasteiger partial charge in [0, 0.05) is 25.7 Å². The summed E-state index contributed by atoms with van der Waals surface area (Å²) < 4.78 is 5.78. The van der Waals surface area contributed by atoms with E-state index in [9.17, 15) is 0 Å². The van der Waals surface area contributed by atoms with Gasteiger partial charge >= 0.3 is 0 Å². The fourth-order valence-electron chi connectivity index (χ4n) is 2.89. The number of nitrogens with one attached hydrogen (secondary N) is 1. The summed E-state index contributed by atoms with van der Waals surface area (Å²) in [5.74, 6) is 0. The molecule has 0 spiro atoms. The van der Waals surface area contributed by atoms with Crippen molar-refractivity contribution < 1.29 is 4.74 Å². The predicted octanol–water partition coefficient (Wildman–Crippen LogP) is 1.88. The van der Waals surface area contributed by atoms with Crippen molar-refractivity contribution in [2.24, 2.45) is 5.41 Å². The van der Waals surface area contributed by atoms with Crippen molar-refractivity contribution in [3.05, 3.63) is 0 Å². The van der Waals surface area contributed by atoms with Crippen molar-refractivity contribution in [3.63, 3.8) is 0 Å². The van der Waals surface area contributed by atoms with Gasteiger partial charge in [0.2, 0.25) is 0 Å². The second kappa shape index (κ2) is 5.68. The highest BCUT2D eigenvalue weighted by molar-refractivity contribution is 4.83. The van der Waals surface area contributed by atoms with E-state index in [2.05, 4.69) is 31.1 Å². The Morgan fingerprint density at radius 1 is 1.29 bits per heavy atom. The summed E-state index contributed by atoms with van der Waals surface area (Å²) in [7, 11) is 2.18. The first kappa shape index (κ1) is 13.3. The number of nitrogens with zero attached hydrogens (tertiary/aromatic N) is 1. The maximum atomic E-state index is 5.78. The van der Waals surface area contributed by atoms with E-state index < -0.39 is 0 Å². The molecule has 0 aromatic heterocycles. The summed E-state index contributed by atoms with van der Waals surface area (Å²) in [6.45, 7) is 8.85. The third kappa shape index (κ3) is 4.23. The molecule has 1 heterocycles. The standard InChI is InChI=1S/C14H28N2O/c1-14(2)6-4-12(5-7-14)15-10-13-11-16(3)8-9-17-13/h12-13,15H,4-11H2,1-3H3. The monoisotopic (exact) mass is 240 g/mol. The maximum absolute atomic E-state index is 5.78. The Bertz CT molecular complexity index is 232. The highest BCUT2D eigenvalue weighted by atomic mass is 16.5. The zero-order valence-corrected chi connectivity index (χ0v) is 11.7. The maximum Gasteiger partial charge on any atom is 0.0826 e. The molecule has 3 nitrogen and oxygen atoms in total. The lowest BCUT2D eigenvalue weighted by molar-refractivity contribution is -0.0202. The van der Waals surface area contributed by atoms with E-state index >= 15 is 0 Å². The molecule has 1 saturated carbocycles. The van der Waals surface area contributed by atoms with Crippen LogP contribution < -0.4 is 5.32 Å². The average molecular weight is 240 g/mol. The number of hydrogen-bond acceptors (Lipinski definition) is 3. The minimum atomic E-state index is 0.392. The molecule has 0 amide bonds. The molecular weight excluding hydrogens is 212 g/mol. The molecule has 2 rings (SSSR count). The zero-order valence-electron chi connectivity index (χ0n) is 11.7. The van der Waals surface area contributed by atoms with E-state index in [4.69, 9.17) is 4.74 Å². The molecule has 2 aliphatic rings. The van der Waals surface area contributed by atoms with Crippen LogP contribution in [0.5, 0.6) is 0 Å². The van der Waals surface area contributed by atoms with Gasteiger partial charge in [0.1, 0.15) is 0 Å². The predicted molar refractivity (Wildman–Crippen MR) is 71.3 cm³/mol. The summed E-state index contributed by atoms with van der Waals surface area (Å²) in [4.78, 5) is 2.36. The van der Waals surface area contributed by atoms with E-state index in [0.717, 1.165) is 32.3 Å². The number of likely N-dealkylation sites (N-methyl/N-ethyl adjacent to an activating group) is 1. The molecule has 1 atom stereocenters. The van der Waals surface area contributed by atoms with Crippen LogP contribution in [0, 0.1) is 5.41 Å². The molecule has 1 saturated heterocycles. The van der Waals surface area contributed by atoms with Crippen molar-refractivity contribution in [2.45, 2.75) is 51.7 Å². The van der Waals surface area contributed by atoms with Crippen molar-refractivity contribution in [2.75, 3.05) is 33.3 Å². The number of morpholine rings is 1. The van der Waals surface area contributed by atoms with Crippen molar-refractivity contribution in [1.82, 2.24) is 10.2 Å². The van der Waals surface area contributed by atoms with Crippen LogP contribution >= 0.6 is 0 Å². The van der Waals surface area contributed by atoms with Crippen molar-refractivity contribution >= 4 is 0 Å². The van der Waals surface area contributed by atoms with E-state index in [1.54, 1.807) is 0 Å². The lowest BCUT2D eigenvalue weighted by atomic mass is 9.75. The van der Waals surface area contributed by atoms with Crippen LogP contribution in [-0.4, -0.2) is 50.3 Å². The molecular formula is C14H28N2O. The van der Waals surface area contributed by atoms with E-state index in [0.29, 0.717) is 11.5 Å². The molecule has 1 aliphatic carbocycles. The Labute approximate surface area is 106 Å². The van der Waals surface area contributed by atoms with Crippen LogP contribution in [0.2, 0.25) is 0 Å². The van der Waals surface area contributed by atoms with Gasteiger partial charge < -0.3 is 15.0 Å². The first-order valence-corrected chi connectivity index (χ1v) is 7.09. The molecule has 1 aliphatic heterocycles. The van der Waals surface area contributed by atoms with Crippen molar-refractivity contribution in [3.8, 4) is 0 Å². The second-order valence-electron chi connectivity index (χ2n) is 6.60. The van der Waals surface area contributed by atoms with Gasteiger partial charge in [-0.05, 0) is 38.1 Å². The smallest absolute Gasteiger partial charge is 0.0826 e. The van der Waals surface area contributed by atoms with Gasteiger partial charge in [0.05, 0.1) is 12.7 Å². The van der Waals surface area contributed by atoms with Crippen LogP contribution in [0.15, 0.2) is 0 Å². The van der Waals surface area contributed by atoms with Crippen LogP contribution in [0.3, 0.4) is 0 Å². The molecule has 0 aromatic rings. The summed E-state index contributed by atoms with van der Waals surface area (Å²) >= 11 is 0. The molecule has 0 radical (unpaired) electrons. The summed E-state index contributed by atoms with van der Waals surface area (Å²) in [5, 5.41) is 3.70. The molecule has 0 aromatic carbocycles. The van der Waals surface area contributed by atoms with Gasteiger partial charge in [-0.1, -0.05) is 13.8 Å². The fourth-order valence-corrected chi connectivity index (χ4v) is 2.89. The molecule has 100 valence electrons. The number of rotatable bonds is 3. The average Bonchev–Trinajstić information content (AvgIpc) is 2.28. The van der Waals surface area contributed by atoms with E-state index in [-0.39, 0.29) is 0 Å². The molecule has 1 N–H and O–H groups in total. The van der Waals surface area contributed by atoms with E-state index in [1.165, 1.54) is 25.7 Å². The topological polar surface area (TPSA) is 24.5 Å². The van der Waals surface area contributed by atoms with Gasteiger partial charge in [0.15, 0.2) is 0 Å². The Kier molecular flexibility index (Phi) is 4.45. The molecule has 0 bridgehead atoms. The minimum absolute atomic E-state index is 0.392. The zero-order chi connectivity index (χ0) is 12.3. The largest absolute Gasteiger partial charge is 0.374 e. The highest BCUT2D eigenvalue weighted by Crippen LogP contribution is 2.34. The SMILES string of the molecule is CN1CCOC(CNC2CCC(C)(C)CC2)C1. The van der Waals surface area contributed by atoms with Gasteiger partial charge in [-0.2, -0.15) is 0 Å². The number of hydrogen-bond donors (Lipinski definition) is 1. The Morgan fingerprint density at radius 3 is 2.65 bits per heavy atom. The summed E-state index contributed by atoms with van der Waals surface area (Å²) in [6.07, 6.45) is 5.76. The minimum Gasteiger partial charge on any atom is -0.374 e. The van der Waals surface area contributed by atoms with Gasteiger partial charge in [-0.25, -0.2) is 0 Å². The molecule has 17 heavy (non-hydrogen) atoms. The first-order chi connectivity index (χ1) is 8.05. The molecule has 3 heteroatoms. The summed E-state index contributed by atoms with van der Waals surface area (Å²) in [5.41, 5.74) is 0.569. The Balaban J connectivity index is 1.65. The molecule has 1 unspecified atom stereocenters. The quantitative estimate of drug-likeness (QED) is 0.815. The fraction of sp³-hybridized carbons (Fsp3) is 1.00. The van der Waals surface area contributed by atoms with Crippen LogP contribution in [0.4, 0.5) is 0 Å². The van der Waals surface area contributed by atoms with Crippen molar-refractivity contribution in [1.29, 1.82) is 0 Å². The second-order valence-corrected chi connectivity index (χ2v) is 6.60. The Hall–Kier alpha value is -0.120. The van der Waals surface area contributed by atoms with E-state index in [1.807, 2.05) is 0 Å². The third-order valence-electron chi connectivity index (χ3n) is 4.32. The third-order valence-corrected chi connectivity index (χ3v) is 4.32. The van der Waals surface area contributed by atoms with Crippen LogP contribution in [-0.2, 0) is 4.74 Å². The van der Waals surface area contributed by atoms with Crippen LogP contribution in [0.25, 0.3) is 0 Å². The van der Waals surface area contributed by atoms with Gasteiger partial charge in [-0.3, -0.25) is 0 Å². The lowest BCUT2D eigenvalue weighted by Gasteiger charge is -2.36. The molecule has 2 fully saturated rings. The van der Waals surface area contributed by atoms with Gasteiger partial charge in [0.25, 0.3) is 0 Å². The number of ether oxygens (including phenoxy) is 1. The lowest BCUT2D eigenvalue weighted by Crippen LogP contribution is -2.47. The summed E-state index contributed by atoms with van der Waals surface area (Å²) in [6, 6.07) is 0.721.